The number of fused-ring (bicyclic) bond motifs is 1. The molecule has 3 nitrogen and oxygen atoms in total. The molecule has 0 saturated heterocycles. The van der Waals surface area contributed by atoms with Crippen molar-refractivity contribution in [2.45, 2.75) is 40.0 Å². The Morgan fingerprint density at radius 2 is 1.84 bits per heavy atom. The molecule has 1 heterocycles. The van der Waals surface area contributed by atoms with Gasteiger partial charge in [0.15, 0.2) is 0 Å². The van der Waals surface area contributed by atoms with Crippen molar-refractivity contribution in [2.24, 2.45) is 0 Å². The summed E-state index contributed by atoms with van der Waals surface area (Å²) in [6.45, 7) is 10.1. The van der Waals surface area contributed by atoms with Crippen molar-refractivity contribution in [1.82, 2.24) is 4.98 Å². The van der Waals surface area contributed by atoms with E-state index < -0.39 is 5.97 Å². The molecule has 19 heavy (non-hydrogen) atoms. The molecule has 0 aliphatic rings. The molecule has 0 aliphatic carbocycles. The minimum atomic E-state index is -0.902. The normalized spacial score (nSPS) is 11.8. The fraction of sp³-hybridized carbons (Fsp3) is 0.375. The van der Waals surface area contributed by atoms with Crippen LogP contribution in [0.3, 0.4) is 0 Å². The highest BCUT2D eigenvalue weighted by Gasteiger charge is 2.21. The molecular formula is C16H19NO2. The fourth-order valence-corrected chi connectivity index (χ4v) is 2.09. The van der Waals surface area contributed by atoms with E-state index in [9.17, 15) is 9.90 Å². The van der Waals surface area contributed by atoms with E-state index in [0.717, 1.165) is 22.3 Å². The maximum Gasteiger partial charge on any atom is 0.336 e. The van der Waals surface area contributed by atoms with E-state index in [2.05, 4.69) is 4.98 Å². The summed E-state index contributed by atoms with van der Waals surface area (Å²) in [6, 6.07) is 5.49. The molecule has 0 aliphatic heterocycles. The first-order chi connectivity index (χ1) is 8.71. The number of hydrogen-bond donors (Lipinski definition) is 1. The highest BCUT2D eigenvalue weighted by atomic mass is 16.4. The van der Waals surface area contributed by atoms with Gasteiger partial charge in [0.1, 0.15) is 0 Å². The van der Waals surface area contributed by atoms with E-state index in [-0.39, 0.29) is 5.41 Å². The Hall–Kier alpha value is -1.90. The van der Waals surface area contributed by atoms with Crippen LogP contribution in [0.15, 0.2) is 18.2 Å². The van der Waals surface area contributed by atoms with Crippen molar-refractivity contribution >= 4 is 16.9 Å². The van der Waals surface area contributed by atoms with E-state index in [0.29, 0.717) is 10.9 Å². The van der Waals surface area contributed by atoms with Gasteiger partial charge in [-0.15, -0.1) is 0 Å². The lowest BCUT2D eigenvalue weighted by Crippen LogP contribution is -2.15. The lowest BCUT2D eigenvalue weighted by atomic mass is 9.89. The van der Waals surface area contributed by atoms with Crippen molar-refractivity contribution in [3.05, 3.63) is 40.6 Å². The molecule has 2 rings (SSSR count). The topological polar surface area (TPSA) is 50.2 Å². The van der Waals surface area contributed by atoms with Crippen molar-refractivity contribution < 1.29 is 9.90 Å². The van der Waals surface area contributed by atoms with Crippen LogP contribution in [0.25, 0.3) is 10.9 Å². The Labute approximate surface area is 113 Å². The van der Waals surface area contributed by atoms with Gasteiger partial charge in [-0.25, -0.2) is 4.79 Å². The lowest BCUT2D eigenvalue weighted by molar-refractivity contribution is 0.0699. The van der Waals surface area contributed by atoms with E-state index in [1.807, 2.05) is 46.8 Å². The van der Waals surface area contributed by atoms with Gasteiger partial charge >= 0.3 is 5.97 Å². The minimum absolute atomic E-state index is 0.172. The molecule has 0 radical (unpaired) electrons. The van der Waals surface area contributed by atoms with Gasteiger partial charge in [0, 0.05) is 16.5 Å². The van der Waals surface area contributed by atoms with Crippen molar-refractivity contribution in [1.29, 1.82) is 0 Å². The predicted molar refractivity (Wildman–Crippen MR) is 76.9 cm³/mol. The van der Waals surface area contributed by atoms with E-state index in [1.54, 1.807) is 6.07 Å². The Morgan fingerprint density at radius 1 is 1.21 bits per heavy atom. The number of benzene rings is 1. The highest BCUT2D eigenvalue weighted by Crippen LogP contribution is 2.28. The second-order valence-electron chi connectivity index (χ2n) is 6.01. The van der Waals surface area contributed by atoms with Crippen LogP contribution < -0.4 is 0 Å². The summed E-state index contributed by atoms with van der Waals surface area (Å²) in [5.41, 5.74) is 3.94. The van der Waals surface area contributed by atoms with E-state index in [1.165, 1.54) is 0 Å². The first-order valence-corrected chi connectivity index (χ1v) is 6.36. The molecule has 1 N–H and O–H groups in total. The Balaban J connectivity index is 2.92. The third-order valence-corrected chi connectivity index (χ3v) is 3.50. The molecule has 100 valence electrons. The van der Waals surface area contributed by atoms with Crippen molar-refractivity contribution in [2.75, 3.05) is 0 Å². The Morgan fingerprint density at radius 3 is 2.37 bits per heavy atom. The largest absolute Gasteiger partial charge is 0.478 e. The van der Waals surface area contributed by atoms with E-state index in [4.69, 9.17) is 0 Å². The predicted octanol–water partition coefficient (Wildman–Crippen LogP) is 3.85. The molecule has 1 aromatic heterocycles. The van der Waals surface area contributed by atoms with Gasteiger partial charge in [0.05, 0.1) is 11.1 Å². The maximum absolute atomic E-state index is 11.5. The molecule has 0 unspecified atom stereocenters. The maximum atomic E-state index is 11.5. The molecule has 0 fully saturated rings. The van der Waals surface area contributed by atoms with Crippen LogP contribution in [-0.4, -0.2) is 16.1 Å². The van der Waals surface area contributed by atoms with Crippen LogP contribution >= 0.6 is 0 Å². The number of rotatable bonds is 1. The zero-order valence-electron chi connectivity index (χ0n) is 12.0. The van der Waals surface area contributed by atoms with Gasteiger partial charge in [0.2, 0.25) is 0 Å². The lowest BCUT2D eigenvalue weighted by Gasteiger charge is -2.20. The highest BCUT2D eigenvalue weighted by molar-refractivity contribution is 6.03. The number of aromatic carboxylic acids is 1. The van der Waals surface area contributed by atoms with Gasteiger partial charge < -0.3 is 5.11 Å². The first-order valence-electron chi connectivity index (χ1n) is 6.36. The zero-order chi connectivity index (χ0) is 14.4. The van der Waals surface area contributed by atoms with Crippen LogP contribution in [0.5, 0.6) is 0 Å². The molecule has 0 atom stereocenters. The van der Waals surface area contributed by atoms with Gasteiger partial charge in [-0.05, 0) is 31.0 Å². The van der Waals surface area contributed by atoms with Crippen molar-refractivity contribution in [3.8, 4) is 0 Å². The molecule has 3 heteroatoms. The molecular weight excluding hydrogens is 238 g/mol. The molecule has 0 spiro atoms. The summed E-state index contributed by atoms with van der Waals surface area (Å²) in [5.74, 6) is -0.902. The van der Waals surface area contributed by atoms with E-state index >= 15 is 0 Å². The van der Waals surface area contributed by atoms with Crippen LogP contribution in [0.4, 0.5) is 0 Å². The Bertz CT molecular complexity index is 666. The number of aromatic nitrogens is 1. The van der Waals surface area contributed by atoms with Crippen LogP contribution in [-0.2, 0) is 5.41 Å². The monoisotopic (exact) mass is 257 g/mol. The van der Waals surface area contributed by atoms with Gasteiger partial charge in [-0.2, -0.15) is 0 Å². The number of nitrogens with zero attached hydrogens (tertiary/aromatic N) is 1. The average molecular weight is 257 g/mol. The summed E-state index contributed by atoms with van der Waals surface area (Å²) in [6.07, 6.45) is 0. The number of hydrogen-bond acceptors (Lipinski definition) is 2. The summed E-state index contributed by atoms with van der Waals surface area (Å²) in [4.78, 5) is 16.1. The fourth-order valence-electron chi connectivity index (χ4n) is 2.09. The van der Waals surface area contributed by atoms with Gasteiger partial charge in [0.25, 0.3) is 0 Å². The summed E-state index contributed by atoms with van der Waals surface area (Å²) >= 11 is 0. The summed E-state index contributed by atoms with van der Waals surface area (Å²) < 4.78 is 0. The quantitative estimate of drug-likeness (QED) is 0.844. The number of pyridine rings is 1. The SMILES string of the molecule is Cc1ccc2c(C(=O)O)cc(C(C)(C)C)nc2c1C. The zero-order valence-corrected chi connectivity index (χ0v) is 12.0. The molecule has 0 saturated carbocycles. The molecule has 0 amide bonds. The second-order valence-corrected chi connectivity index (χ2v) is 6.01. The third-order valence-electron chi connectivity index (χ3n) is 3.50. The van der Waals surface area contributed by atoms with Gasteiger partial charge in [-0.1, -0.05) is 32.9 Å². The smallest absolute Gasteiger partial charge is 0.336 e. The third kappa shape index (κ3) is 2.33. The first kappa shape index (κ1) is 13.5. The van der Waals surface area contributed by atoms with Crippen molar-refractivity contribution in [3.63, 3.8) is 0 Å². The van der Waals surface area contributed by atoms with Crippen LogP contribution in [0.2, 0.25) is 0 Å². The molecule has 2 aromatic rings. The second kappa shape index (κ2) is 4.34. The van der Waals surface area contributed by atoms with Gasteiger partial charge in [-0.3, -0.25) is 4.98 Å². The summed E-state index contributed by atoms with van der Waals surface area (Å²) in [5, 5.41) is 10.1. The number of aryl methyl sites for hydroxylation is 2. The number of carboxylic acids is 1. The molecule has 1 aromatic carbocycles. The Kier molecular flexibility index (Phi) is 3.09. The van der Waals surface area contributed by atoms with Crippen LogP contribution in [0.1, 0.15) is 48.0 Å². The number of carboxylic acid groups (broad SMARTS) is 1. The minimum Gasteiger partial charge on any atom is -0.478 e. The molecule has 0 bridgehead atoms. The summed E-state index contributed by atoms with van der Waals surface area (Å²) in [7, 11) is 0. The number of carbonyl (C=O) groups is 1. The standard InChI is InChI=1S/C16H19NO2/c1-9-6-7-11-12(15(18)19)8-13(16(3,4)5)17-14(11)10(9)2/h6-8H,1-5H3,(H,18,19). The van der Waals surface area contributed by atoms with Crippen LogP contribution in [0, 0.1) is 13.8 Å². The average Bonchev–Trinajstić information content (AvgIpc) is 2.31.